The summed E-state index contributed by atoms with van der Waals surface area (Å²) >= 11 is 4.80. The van der Waals surface area contributed by atoms with Gasteiger partial charge in [0.2, 0.25) is 5.91 Å². The molecule has 0 spiro atoms. The largest absolute Gasteiger partial charge is 0.383 e. The molecule has 1 atom stereocenters. The van der Waals surface area contributed by atoms with Gasteiger partial charge in [-0.3, -0.25) is 14.2 Å². The Morgan fingerprint density at radius 3 is 2.81 bits per heavy atom. The van der Waals surface area contributed by atoms with E-state index in [0.29, 0.717) is 16.8 Å². The third-order valence-corrected chi connectivity index (χ3v) is 5.46. The Morgan fingerprint density at radius 1 is 1.38 bits per heavy atom. The van der Waals surface area contributed by atoms with Crippen molar-refractivity contribution in [2.75, 3.05) is 13.7 Å². The predicted octanol–water partition coefficient (Wildman–Crippen LogP) is 3.04. The van der Waals surface area contributed by atoms with Gasteiger partial charge in [0.15, 0.2) is 0 Å². The lowest BCUT2D eigenvalue weighted by molar-refractivity contribution is -0.122. The quantitative estimate of drug-likeness (QED) is 0.645. The fourth-order valence-electron chi connectivity index (χ4n) is 2.58. The Morgan fingerprint density at radius 2 is 2.12 bits per heavy atom. The molecule has 136 valence electrons. The Kier molecular flexibility index (Phi) is 5.85. The van der Waals surface area contributed by atoms with E-state index in [1.807, 2.05) is 37.3 Å². The first-order valence-electron chi connectivity index (χ1n) is 8.01. The first-order chi connectivity index (χ1) is 12.5. The number of rotatable bonds is 6. The van der Waals surface area contributed by atoms with Crippen LogP contribution >= 0.6 is 27.3 Å². The molecule has 8 heteroatoms. The van der Waals surface area contributed by atoms with Gasteiger partial charge in [-0.05, 0) is 30.7 Å². The van der Waals surface area contributed by atoms with E-state index < -0.39 is 0 Å². The van der Waals surface area contributed by atoms with Crippen LogP contribution in [0.1, 0.15) is 6.92 Å². The van der Waals surface area contributed by atoms with E-state index in [1.54, 1.807) is 7.11 Å². The van der Waals surface area contributed by atoms with Gasteiger partial charge in [-0.1, -0.05) is 28.1 Å². The number of amides is 1. The van der Waals surface area contributed by atoms with Crippen LogP contribution in [-0.4, -0.2) is 35.2 Å². The molecule has 2 aromatic heterocycles. The number of fused-ring (bicyclic) bond motifs is 1. The number of hydrogen-bond donors (Lipinski definition) is 1. The van der Waals surface area contributed by atoms with E-state index in [0.717, 1.165) is 14.9 Å². The highest BCUT2D eigenvalue weighted by Crippen LogP contribution is 2.31. The molecule has 2 heterocycles. The number of nitrogens with zero attached hydrogens (tertiary/aromatic N) is 2. The summed E-state index contributed by atoms with van der Waals surface area (Å²) in [4.78, 5) is 30.1. The van der Waals surface area contributed by atoms with Crippen LogP contribution in [0.25, 0.3) is 20.7 Å². The smallest absolute Gasteiger partial charge is 0.271 e. The summed E-state index contributed by atoms with van der Waals surface area (Å²) in [6.45, 7) is 2.19. The van der Waals surface area contributed by atoms with Crippen molar-refractivity contribution in [3.63, 3.8) is 0 Å². The van der Waals surface area contributed by atoms with Crippen molar-refractivity contribution < 1.29 is 9.53 Å². The summed E-state index contributed by atoms with van der Waals surface area (Å²) in [7, 11) is 1.57. The molecule has 1 N–H and O–H groups in total. The minimum absolute atomic E-state index is 0.0681. The zero-order valence-corrected chi connectivity index (χ0v) is 16.8. The van der Waals surface area contributed by atoms with Crippen molar-refractivity contribution in [1.29, 1.82) is 0 Å². The second kappa shape index (κ2) is 8.11. The Hall–Kier alpha value is -2.03. The molecule has 3 rings (SSSR count). The van der Waals surface area contributed by atoms with E-state index in [1.165, 1.54) is 22.2 Å². The van der Waals surface area contributed by atoms with Gasteiger partial charge in [0.25, 0.3) is 5.56 Å². The molecular weight excluding hydrogens is 418 g/mol. The van der Waals surface area contributed by atoms with Crippen molar-refractivity contribution >= 4 is 43.4 Å². The summed E-state index contributed by atoms with van der Waals surface area (Å²) in [6, 6.07) is 9.66. The Labute approximate surface area is 163 Å². The second-order valence-electron chi connectivity index (χ2n) is 5.93. The zero-order chi connectivity index (χ0) is 18.7. The lowest BCUT2D eigenvalue weighted by Gasteiger charge is -2.13. The molecule has 0 fully saturated rings. The second-order valence-corrected chi connectivity index (χ2v) is 7.90. The Balaban J connectivity index is 1.85. The molecule has 0 radical (unpaired) electrons. The maximum absolute atomic E-state index is 12.7. The summed E-state index contributed by atoms with van der Waals surface area (Å²) in [5, 5.41) is 2.79. The summed E-state index contributed by atoms with van der Waals surface area (Å²) in [5.74, 6) is -0.248. The van der Waals surface area contributed by atoms with Gasteiger partial charge < -0.3 is 10.1 Å². The predicted molar refractivity (Wildman–Crippen MR) is 106 cm³/mol. The molecule has 0 saturated heterocycles. The topological polar surface area (TPSA) is 73.2 Å². The molecule has 0 unspecified atom stereocenters. The van der Waals surface area contributed by atoms with Crippen LogP contribution in [-0.2, 0) is 16.1 Å². The van der Waals surface area contributed by atoms with Gasteiger partial charge in [-0.2, -0.15) is 0 Å². The maximum Gasteiger partial charge on any atom is 0.271 e. The van der Waals surface area contributed by atoms with E-state index in [9.17, 15) is 9.59 Å². The normalized spacial score (nSPS) is 12.3. The number of methoxy groups -OCH3 is 1. The number of hydrogen-bond acceptors (Lipinski definition) is 5. The number of carbonyl (C=O) groups is 1. The van der Waals surface area contributed by atoms with Gasteiger partial charge in [0, 0.05) is 22.5 Å². The van der Waals surface area contributed by atoms with Gasteiger partial charge >= 0.3 is 0 Å². The van der Waals surface area contributed by atoms with Crippen LogP contribution in [0.5, 0.6) is 0 Å². The number of thiophene rings is 1. The third-order valence-electron chi connectivity index (χ3n) is 3.77. The van der Waals surface area contributed by atoms with Crippen LogP contribution in [0.4, 0.5) is 0 Å². The molecular formula is C18H18BrN3O3S. The van der Waals surface area contributed by atoms with Gasteiger partial charge in [-0.25, -0.2) is 4.98 Å². The summed E-state index contributed by atoms with van der Waals surface area (Å²) < 4.78 is 7.87. The SMILES string of the molecule is COC[C@@H](C)NC(=O)Cn1cnc2cc(-c3ccc(Br)cc3)sc2c1=O. The zero-order valence-electron chi connectivity index (χ0n) is 14.4. The molecule has 6 nitrogen and oxygen atoms in total. The molecule has 26 heavy (non-hydrogen) atoms. The van der Waals surface area contributed by atoms with E-state index >= 15 is 0 Å². The Bertz CT molecular complexity index is 982. The van der Waals surface area contributed by atoms with Gasteiger partial charge in [0.1, 0.15) is 11.2 Å². The third kappa shape index (κ3) is 4.20. The number of halogens is 1. The number of carbonyl (C=O) groups excluding carboxylic acids is 1. The lowest BCUT2D eigenvalue weighted by Crippen LogP contribution is -2.39. The number of benzene rings is 1. The minimum atomic E-state index is -0.248. The highest BCUT2D eigenvalue weighted by Gasteiger charge is 2.13. The van der Waals surface area contributed by atoms with Gasteiger partial charge in [-0.15, -0.1) is 11.3 Å². The molecule has 0 aliphatic rings. The standard InChI is InChI=1S/C18H18BrN3O3S/c1-11(9-25-2)21-16(23)8-22-10-20-14-7-15(26-17(14)18(22)24)12-3-5-13(19)6-4-12/h3-7,10-11H,8-9H2,1-2H3,(H,21,23)/t11-/m1/s1. The van der Waals surface area contributed by atoms with Crippen molar-refractivity contribution in [2.24, 2.45) is 0 Å². The molecule has 0 saturated carbocycles. The van der Waals surface area contributed by atoms with E-state index in [4.69, 9.17) is 4.74 Å². The van der Waals surface area contributed by atoms with Crippen LogP contribution in [0.2, 0.25) is 0 Å². The first-order valence-corrected chi connectivity index (χ1v) is 9.62. The average molecular weight is 436 g/mol. The van der Waals surface area contributed by atoms with Crippen LogP contribution in [0.15, 0.2) is 45.9 Å². The maximum atomic E-state index is 12.7. The van der Waals surface area contributed by atoms with E-state index in [-0.39, 0.29) is 24.1 Å². The van der Waals surface area contributed by atoms with Crippen molar-refractivity contribution in [3.8, 4) is 10.4 Å². The summed E-state index contributed by atoms with van der Waals surface area (Å²) in [5.41, 5.74) is 1.45. The molecule has 3 aromatic rings. The first kappa shape index (κ1) is 18.8. The van der Waals surface area contributed by atoms with Gasteiger partial charge in [0.05, 0.1) is 18.5 Å². The molecule has 0 bridgehead atoms. The molecule has 1 amide bonds. The number of ether oxygens (including phenoxy) is 1. The molecule has 0 aliphatic carbocycles. The number of nitrogens with one attached hydrogen (secondary N) is 1. The van der Waals surface area contributed by atoms with Crippen molar-refractivity contribution in [2.45, 2.75) is 19.5 Å². The van der Waals surface area contributed by atoms with Crippen molar-refractivity contribution in [3.05, 3.63) is 51.5 Å². The van der Waals surface area contributed by atoms with Crippen LogP contribution in [0.3, 0.4) is 0 Å². The highest BCUT2D eigenvalue weighted by atomic mass is 79.9. The fourth-order valence-corrected chi connectivity index (χ4v) is 3.91. The van der Waals surface area contributed by atoms with Crippen molar-refractivity contribution in [1.82, 2.24) is 14.9 Å². The summed E-state index contributed by atoms with van der Waals surface area (Å²) in [6.07, 6.45) is 1.42. The lowest BCUT2D eigenvalue weighted by atomic mass is 10.2. The van der Waals surface area contributed by atoms with Crippen LogP contribution in [0, 0.1) is 0 Å². The molecule has 0 aliphatic heterocycles. The fraction of sp³-hybridized carbons (Fsp3) is 0.278. The van der Waals surface area contributed by atoms with Crippen LogP contribution < -0.4 is 10.9 Å². The number of aromatic nitrogens is 2. The van der Waals surface area contributed by atoms with E-state index in [2.05, 4.69) is 26.2 Å². The average Bonchev–Trinajstić information content (AvgIpc) is 3.03. The highest BCUT2D eigenvalue weighted by molar-refractivity contribution is 9.10. The monoisotopic (exact) mass is 435 g/mol. The molecule has 1 aromatic carbocycles. The minimum Gasteiger partial charge on any atom is -0.383 e.